The van der Waals surface area contributed by atoms with Crippen LogP contribution in [0, 0.1) is 5.41 Å². The Morgan fingerprint density at radius 1 is 1.09 bits per heavy atom. The highest BCUT2D eigenvalue weighted by Gasteiger charge is 2.53. The minimum absolute atomic E-state index is 0.150. The molecule has 3 aromatic rings. The normalized spacial score (nSPS) is 26.8. The number of pyridine rings is 1. The maximum atomic E-state index is 6.42. The van der Waals surface area contributed by atoms with Gasteiger partial charge in [0, 0.05) is 35.8 Å². The van der Waals surface area contributed by atoms with E-state index in [2.05, 4.69) is 39.7 Å². The van der Waals surface area contributed by atoms with Crippen molar-refractivity contribution in [1.82, 2.24) is 15.1 Å². The molecule has 1 aromatic carbocycles. The molecular weight excluding hydrogens is 404 g/mol. The molecule has 7 nitrogen and oxygen atoms in total. The number of nitrogens with zero attached hydrogens (tertiary/aromatic N) is 3. The maximum Gasteiger partial charge on any atom is 0.258 e. The summed E-state index contributed by atoms with van der Waals surface area (Å²) in [5, 5.41) is 7.88. The lowest BCUT2D eigenvalue weighted by atomic mass is 9.66. The second kappa shape index (κ2) is 7.59. The van der Waals surface area contributed by atoms with Crippen LogP contribution in [0.15, 0.2) is 47.1 Å². The number of hydrogen-bond acceptors (Lipinski definition) is 7. The predicted molar refractivity (Wildman–Crippen MR) is 120 cm³/mol. The summed E-state index contributed by atoms with van der Waals surface area (Å²) in [5.74, 6) is 2.69. The molecular formula is C25H28N4O3. The van der Waals surface area contributed by atoms with Gasteiger partial charge in [0.25, 0.3) is 5.89 Å². The summed E-state index contributed by atoms with van der Waals surface area (Å²) in [5.41, 5.74) is 3.12. The second-order valence-electron chi connectivity index (χ2n) is 9.54. The highest BCUT2D eigenvalue weighted by Crippen LogP contribution is 2.53. The molecule has 32 heavy (non-hydrogen) atoms. The molecule has 2 saturated heterocycles. The lowest BCUT2D eigenvalue weighted by Crippen LogP contribution is -2.52. The fourth-order valence-electron chi connectivity index (χ4n) is 4.99. The summed E-state index contributed by atoms with van der Waals surface area (Å²) in [6, 6.07) is 12.4. The van der Waals surface area contributed by atoms with Crippen LogP contribution in [0.25, 0.3) is 11.1 Å². The van der Waals surface area contributed by atoms with Crippen LogP contribution >= 0.6 is 0 Å². The summed E-state index contributed by atoms with van der Waals surface area (Å²) in [6.07, 6.45) is 8.22. The molecule has 166 valence electrons. The zero-order chi connectivity index (χ0) is 21.6. The van der Waals surface area contributed by atoms with E-state index >= 15 is 0 Å². The number of nitrogens with one attached hydrogen (secondary N) is 1. The van der Waals surface area contributed by atoms with Crippen molar-refractivity contribution in [3.05, 3.63) is 54.3 Å². The monoisotopic (exact) mass is 432 g/mol. The Bertz CT molecular complexity index is 1100. The molecule has 7 rings (SSSR count). The van der Waals surface area contributed by atoms with Crippen molar-refractivity contribution in [2.24, 2.45) is 5.41 Å². The van der Waals surface area contributed by atoms with Gasteiger partial charge in [-0.15, -0.1) is 0 Å². The number of rotatable bonds is 7. The molecule has 2 aliphatic carbocycles. The van der Waals surface area contributed by atoms with E-state index < -0.39 is 0 Å². The third-order valence-corrected chi connectivity index (χ3v) is 7.35. The van der Waals surface area contributed by atoms with E-state index in [0.717, 1.165) is 61.5 Å². The van der Waals surface area contributed by atoms with Crippen molar-refractivity contribution in [2.45, 2.75) is 50.0 Å². The first-order valence-electron chi connectivity index (χ1n) is 11.5. The van der Waals surface area contributed by atoms with Gasteiger partial charge in [-0.1, -0.05) is 17.3 Å². The largest absolute Gasteiger partial charge is 0.481 e. The Hall–Kier alpha value is -2.93. The third-order valence-electron chi connectivity index (χ3n) is 7.35. The fourth-order valence-corrected chi connectivity index (χ4v) is 4.99. The van der Waals surface area contributed by atoms with Crippen molar-refractivity contribution in [1.29, 1.82) is 0 Å². The molecule has 2 aliphatic heterocycles. The molecule has 0 radical (unpaired) electrons. The number of fused-ring (bicyclic) bond motifs is 3. The molecule has 2 aromatic heterocycles. The lowest BCUT2D eigenvalue weighted by molar-refractivity contribution is -0.196. The molecule has 0 spiro atoms. The van der Waals surface area contributed by atoms with Crippen molar-refractivity contribution < 1.29 is 14.0 Å². The zero-order valence-electron chi connectivity index (χ0n) is 18.3. The SMILES string of the molecule is COc1cc(-c2cccc(NCC34CCC(c5nc(C6CC6)no5)(CC3)OC4)c2)ccn1. The predicted octanol–water partition coefficient (Wildman–Crippen LogP) is 4.92. The van der Waals surface area contributed by atoms with E-state index in [1.54, 1.807) is 13.3 Å². The van der Waals surface area contributed by atoms with Gasteiger partial charge in [-0.3, -0.25) is 0 Å². The van der Waals surface area contributed by atoms with Gasteiger partial charge in [0.1, 0.15) is 5.60 Å². The Labute approximate surface area is 187 Å². The molecule has 4 aliphatic rings. The minimum atomic E-state index is -0.373. The van der Waals surface area contributed by atoms with Crippen molar-refractivity contribution in [3.8, 4) is 17.0 Å². The van der Waals surface area contributed by atoms with Crippen LogP contribution in [-0.2, 0) is 10.3 Å². The van der Waals surface area contributed by atoms with Gasteiger partial charge in [0.2, 0.25) is 5.88 Å². The standard InChI is InChI=1S/C25H28N4O3/c1-30-21-14-19(7-12-26-21)18-3-2-4-20(13-18)27-15-24-8-10-25(11-9-24,31-16-24)23-28-22(29-32-23)17-5-6-17/h2-4,7,12-14,17,27H,5-6,8-11,15-16H2,1H3. The fraction of sp³-hybridized carbons (Fsp3) is 0.480. The maximum absolute atomic E-state index is 6.42. The first kappa shape index (κ1) is 19.7. The summed E-state index contributed by atoms with van der Waals surface area (Å²) in [6.45, 7) is 1.62. The van der Waals surface area contributed by atoms with Crippen LogP contribution in [0.1, 0.15) is 56.2 Å². The number of methoxy groups -OCH3 is 1. The third kappa shape index (κ3) is 3.54. The minimum Gasteiger partial charge on any atom is -0.481 e. The van der Waals surface area contributed by atoms with Gasteiger partial charge >= 0.3 is 0 Å². The summed E-state index contributed by atoms with van der Waals surface area (Å²) in [4.78, 5) is 8.90. The smallest absolute Gasteiger partial charge is 0.258 e. The van der Waals surface area contributed by atoms with Crippen LogP contribution in [0.4, 0.5) is 5.69 Å². The van der Waals surface area contributed by atoms with E-state index in [4.69, 9.17) is 19.0 Å². The van der Waals surface area contributed by atoms with Crippen LogP contribution < -0.4 is 10.1 Å². The quantitative estimate of drug-likeness (QED) is 0.568. The molecule has 0 atom stereocenters. The van der Waals surface area contributed by atoms with Gasteiger partial charge in [-0.25, -0.2) is 4.98 Å². The van der Waals surface area contributed by atoms with Gasteiger partial charge in [-0.2, -0.15) is 4.98 Å². The van der Waals surface area contributed by atoms with E-state index in [1.165, 1.54) is 12.8 Å². The van der Waals surface area contributed by atoms with Crippen LogP contribution in [0.2, 0.25) is 0 Å². The number of anilines is 1. The highest BCUT2D eigenvalue weighted by atomic mass is 16.5. The highest BCUT2D eigenvalue weighted by molar-refractivity contribution is 5.68. The summed E-state index contributed by atoms with van der Waals surface area (Å²) >= 11 is 0. The molecule has 2 bridgehead atoms. The van der Waals surface area contributed by atoms with Crippen molar-refractivity contribution in [2.75, 3.05) is 25.6 Å². The Morgan fingerprint density at radius 3 is 2.69 bits per heavy atom. The van der Waals surface area contributed by atoms with E-state index in [0.29, 0.717) is 17.7 Å². The molecule has 1 N–H and O–H groups in total. The van der Waals surface area contributed by atoms with Gasteiger partial charge in [0.15, 0.2) is 5.82 Å². The van der Waals surface area contributed by atoms with E-state index in [9.17, 15) is 0 Å². The number of benzene rings is 1. The molecule has 0 unspecified atom stereocenters. The second-order valence-corrected chi connectivity index (χ2v) is 9.54. The Morgan fingerprint density at radius 2 is 1.94 bits per heavy atom. The number of ether oxygens (including phenoxy) is 2. The van der Waals surface area contributed by atoms with Crippen molar-refractivity contribution >= 4 is 5.69 Å². The Balaban J connectivity index is 1.12. The first-order valence-corrected chi connectivity index (χ1v) is 11.5. The first-order chi connectivity index (χ1) is 15.7. The molecule has 0 amide bonds. The lowest BCUT2D eigenvalue weighted by Gasteiger charge is -2.51. The molecule has 4 heterocycles. The van der Waals surface area contributed by atoms with Crippen molar-refractivity contribution in [3.63, 3.8) is 0 Å². The average molecular weight is 433 g/mol. The zero-order valence-corrected chi connectivity index (χ0v) is 18.3. The van der Waals surface area contributed by atoms with Crippen LogP contribution in [0.5, 0.6) is 5.88 Å². The van der Waals surface area contributed by atoms with E-state index in [1.807, 2.05) is 12.1 Å². The van der Waals surface area contributed by atoms with E-state index in [-0.39, 0.29) is 11.0 Å². The van der Waals surface area contributed by atoms with Gasteiger partial charge in [-0.05, 0) is 67.9 Å². The van der Waals surface area contributed by atoms with Crippen LogP contribution in [-0.4, -0.2) is 35.4 Å². The topological polar surface area (TPSA) is 82.3 Å². The number of aromatic nitrogens is 3. The molecule has 2 saturated carbocycles. The average Bonchev–Trinajstić information content (AvgIpc) is 3.60. The number of hydrogen-bond donors (Lipinski definition) is 1. The Kier molecular flexibility index (Phi) is 4.68. The summed E-state index contributed by atoms with van der Waals surface area (Å²) in [7, 11) is 1.64. The van der Waals surface area contributed by atoms with Gasteiger partial charge < -0.3 is 19.3 Å². The molecule has 7 heteroatoms. The summed E-state index contributed by atoms with van der Waals surface area (Å²) < 4.78 is 17.3. The van der Waals surface area contributed by atoms with Crippen LogP contribution in [0.3, 0.4) is 0 Å². The van der Waals surface area contributed by atoms with Gasteiger partial charge in [0.05, 0.1) is 13.7 Å². The molecule has 4 fully saturated rings.